The first kappa shape index (κ1) is 22.9. The van der Waals surface area contributed by atoms with Gasteiger partial charge in [0.15, 0.2) is 0 Å². The van der Waals surface area contributed by atoms with E-state index < -0.39 is 0 Å². The highest BCUT2D eigenvalue weighted by molar-refractivity contribution is 7.15. The molecule has 1 aliphatic heterocycles. The number of carbonyl (C=O) groups is 1. The molecule has 0 saturated carbocycles. The van der Waals surface area contributed by atoms with E-state index in [1.165, 1.54) is 33.8 Å². The van der Waals surface area contributed by atoms with Crippen molar-refractivity contribution in [2.45, 2.75) is 45.2 Å². The van der Waals surface area contributed by atoms with E-state index in [0.29, 0.717) is 6.54 Å². The number of amides is 2. The van der Waals surface area contributed by atoms with E-state index in [4.69, 9.17) is 0 Å². The number of hydrogen-bond acceptors (Lipinski definition) is 3. The van der Waals surface area contributed by atoms with Crippen LogP contribution in [0.4, 0.5) is 16.2 Å². The van der Waals surface area contributed by atoms with Crippen LogP contribution in [0, 0.1) is 6.92 Å². The molecule has 6 rings (SSSR count). The number of hydrogen-bond donors (Lipinski definition) is 1. The molecule has 1 N–H and O–H groups in total. The van der Waals surface area contributed by atoms with Crippen molar-refractivity contribution in [1.82, 2.24) is 9.47 Å². The van der Waals surface area contributed by atoms with Crippen molar-refractivity contribution in [2.24, 2.45) is 0 Å². The van der Waals surface area contributed by atoms with Crippen molar-refractivity contribution in [3.05, 3.63) is 99.7 Å². The summed E-state index contributed by atoms with van der Waals surface area (Å²) in [4.78, 5) is 19.7. The second-order valence-electron chi connectivity index (χ2n) is 10.1. The molecule has 1 atom stereocenters. The fourth-order valence-corrected chi connectivity index (χ4v) is 7.01. The Balaban J connectivity index is 1.48. The van der Waals surface area contributed by atoms with Crippen molar-refractivity contribution in [3.8, 4) is 5.00 Å². The summed E-state index contributed by atoms with van der Waals surface area (Å²) < 4.78 is 2.34. The van der Waals surface area contributed by atoms with Crippen LogP contribution in [0.3, 0.4) is 0 Å². The van der Waals surface area contributed by atoms with Gasteiger partial charge in [-0.25, -0.2) is 4.79 Å². The molecule has 1 aliphatic carbocycles. The van der Waals surface area contributed by atoms with Gasteiger partial charge in [0.1, 0.15) is 5.00 Å². The summed E-state index contributed by atoms with van der Waals surface area (Å²) in [6, 6.07) is 20.7. The van der Waals surface area contributed by atoms with Crippen LogP contribution in [-0.4, -0.2) is 29.6 Å². The van der Waals surface area contributed by atoms with Gasteiger partial charge in [0.2, 0.25) is 0 Å². The molecule has 5 nitrogen and oxygen atoms in total. The Hall–Kier alpha value is -3.51. The van der Waals surface area contributed by atoms with Crippen molar-refractivity contribution >= 4 is 28.7 Å². The summed E-state index contributed by atoms with van der Waals surface area (Å²) >= 11 is 1.92. The highest BCUT2D eigenvalue weighted by Crippen LogP contribution is 2.44. The molecule has 2 aliphatic rings. The van der Waals surface area contributed by atoms with Crippen molar-refractivity contribution in [1.29, 1.82) is 0 Å². The second kappa shape index (κ2) is 9.17. The summed E-state index contributed by atoms with van der Waals surface area (Å²) in [5.41, 5.74) is 8.13. The van der Waals surface area contributed by atoms with Gasteiger partial charge in [-0.3, -0.25) is 0 Å². The third kappa shape index (κ3) is 3.99. The van der Waals surface area contributed by atoms with E-state index in [0.717, 1.165) is 41.0 Å². The van der Waals surface area contributed by atoms with E-state index in [2.05, 4.69) is 71.5 Å². The fourth-order valence-electron chi connectivity index (χ4n) is 5.61. The Bertz CT molecular complexity index is 1420. The first-order valence-corrected chi connectivity index (χ1v) is 13.5. The number of aromatic nitrogens is 1. The van der Waals surface area contributed by atoms with Crippen LogP contribution in [0.5, 0.6) is 0 Å². The summed E-state index contributed by atoms with van der Waals surface area (Å²) in [6.07, 6.45) is 6.89. The predicted molar refractivity (Wildman–Crippen MR) is 149 cm³/mol. The average Bonchev–Trinajstić information content (AvgIpc) is 3.46. The largest absolute Gasteiger partial charge is 0.378 e. The molecule has 2 aromatic carbocycles. The zero-order chi connectivity index (χ0) is 24.8. The molecule has 4 aromatic rings. The molecule has 0 bridgehead atoms. The number of nitrogens with zero attached hydrogens (tertiary/aromatic N) is 3. The minimum Gasteiger partial charge on any atom is -0.378 e. The van der Waals surface area contributed by atoms with Crippen LogP contribution in [0.2, 0.25) is 0 Å². The molecule has 0 radical (unpaired) electrons. The highest BCUT2D eigenvalue weighted by Gasteiger charge is 2.36. The van der Waals surface area contributed by atoms with Gasteiger partial charge in [-0.05, 0) is 85.7 Å². The Morgan fingerprint density at radius 1 is 1.00 bits per heavy atom. The standard InChI is InChI=1S/C30H32N4OS/c1-20-8-6-9-22(18-20)31-30(35)34-19-25-24-10-4-5-12-27(24)36-29(25)33-17-7-11-26(33)28(34)21-13-15-23(16-14-21)32(2)3/h6-9,11,13-18,28H,4-5,10,12,19H2,1-3H3,(H,31,35)/t28-/m0/s1. The van der Waals surface area contributed by atoms with Crippen LogP contribution < -0.4 is 10.2 Å². The first-order valence-electron chi connectivity index (χ1n) is 12.7. The Labute approximate surface area is 217 Å². The lowest BCUT2D eigenvalue weighted by atomic mass is 9.95. The second-order valence-corrected chi connectivity index (χ2v) is 11.2. The smallest absolute Gasteiger partial charge is 0.322 e. The summed E-state index contributed by atoms with van der Waals surface area (Å²) in [5.74, 6) is 0. The zero-order valence-corrected chi connectivity index (χ0v) is 21.9. The number of rotatable bonds is 3. The maximum absolute atomic E-state index is 14.0. The number of thiophene rings is 1. The molecule has 0 saturated heterocycles. The normalized spacial score (nSPS) is 16.5. The molecule has 6 heteroatoms. The third-order valence-electron chi connectivity index (χ3n) is 7.43. The summed E-state index contributed by atoms with van der Waals surface area (Å²) in [7, 11) is 4.10. The van der Waals surface area contributed by atoms with Crippen molar-refractivity contribution < 1.29 is 4.79 Å². The molecule has 2 aromatic heterocycles. The minimum absolute atomic E-state index is 0.0707. The van der Waals surface area contributed by atoms with Gasteiger partial charge < -0.3 is 19.7 Å². The van der Waals surface area contributed by atoms with Gasteiger partial charge in [-0.2, -0.15) is 0 Å². The zero-order valence-electron chi connectivity index (χ0n) is 21.1. The topological polar surface area (TPSA) is 40.5 Å². The summed E-state index contributed by atoms with van der Waals surface area (Å²) in [6.45, 7) is 2.65. The molecule has 184 valence electrons. The number of nitrogens with one attached hydrogen (secondary N) is 1. The molecule has 3 heterocycles. The number of anilines is 2. The lowest BCUT2D eigenvalue weighted by Crippen LogP contribution is -2.38. The summed E-state index contributed by atoms with van der Waals surface area (Å²) in [5, 5.41) is 4.49. The average molecular weight is 497 g/mol. The predicted octanol–water partition coefficient (Wildman–Crippen LogP) is 6.93. The van der Waals surface area contributed by atoms with E-state index in [1.807, 2.05) is 47.4 Å². The molecule has 2 amide bonds. The Morgan fingerprint density at radius 2 is 1.81 bits per heavy atom. The third-order valence-corrected chi connectivity index (χ3v) is 8.77. The van der Waals surface area contributed by atoms with E-state index in [1.54, 1.807) is 0 Å². The van der Waals surface area contributed by atoms with Gasteiger partial charge in [-0.15, -0.1) is 11.3 Å². The fraction of sp³-hybridized carbons (Fsp3) is 0.300. The van der Waals surface area contributed by atoms with Gasteiger partial charge in [-0.1, -0.05) is 24.3 Å². The van der Waals surface area contributed by atoms with Crippen LogP contribution in [-0.2, 0) is 19.4 Å². The maximum atomic E-state index is 14.0. The maximum Gasteiger partial charge on any atom is 0.322 e. The number of carbonyl (C=O) groups excluding carboxylic acids is 1. The lowest BCUT2D eigenvalue weighted by molar-refractivity contribution is 0.194. The lowest BCUT2D eigenvalue weighted by Gasteiger charge is -2.31. The molecule has 0 unspecified atom stereocenters. The Kier molecular flexibility index (Phi) is 5.84. The minimum atomic E-state index is -0.195. The molecule has 36 heavy (non-hydrogen) atoms. The van der Waals surface area contributed by atoms with Gasteiger partial charge in [0.25, 0.3) is 0 Å². The Morgan fingerprint density at radius 3 is 2.58 bits per heavy atom. The number of aryl methyl sites for hydroxylation is 2. The number of benzene rings is 2. The van der Waals surface area contributed by atoms with Crippen LogP contribution in [0.25, 0.3) is 5.00 Å². The van der Waals surface area contributed by atoms with Crippen molar-refractivity contribution in [2.75, 3.05) is 24.3 Å². The highest BCUT2D eigenvalue weighted by atomic mass is 32.1. The van der Waals surface area contributed by atoms with Crippen molar-refractivity contribution in [3.63, 3.8) is 0 Å². The van der Waals surface area contributed by atoms with Gasteiger partial charge in [0.05, 0.1) is 18.3 Å². The molecular formula is C30H32N4OS. The van der Waals surface area contributed by atoms with E-state index in [9.17, 15) is 4.79 Å². The molecule has 0 fully saturated rings. The van der Waals surface area contributed by atoms with E-state index >= 15 is 0 Å². The van der Waals surface area contributed by atoms with E-state index in [-0.39, 0.29) is 12.1 Å². The number of fused-ring (bicyclic) bond motifs is 5. The van der Waals surface area contributed by atoms with Crippen LogP contribution in [0.1, 0.15) is 51.7 Å². The first-order chi connectivity index (χ1) is 17.5. The van der Waals surface area contributed by atoms with Gasteiger partial charge >= 0.3 is 6.03 Å². The van der Waals surface area contributed by atoms with Crippen LogP contribution in [0.15, 0.2) is 66.9 Å². The molecular weight excluding hydrogens is 464 g/mol. The SMILES string of the molecule is Cc1cccc(NC(=O)N2Cc3c(sc4c3CCCC4)-n3cccc3[C@@H]2c2ccc(N(C)C)cc2)c1. The molecule has 0 spiro atoms. The van der Waals surface area contributed by atoms with Crippen LogP contribution >= 0.6 is 11.3 Å². The monoisotopic (exact) mass is 496 g/mol. The number of urea groups is 1. The quantitative estimate of drug-likeness (QED) is 0.334. The van der Waals surface area contributed by atoms with Gasteiger partial charge in [0, 0.05) is 42.1 Å².